The maximum absolute atomic E-state index is 14.6. The smallest absolute Gasteiger partial charge is 0.227 e. The van der Waals surface area contributed by atoms with E-state index in [4.69, 9.17) is 14.6 Å². The molecule has 0 bridgehead atoms. The Morgan fingerprint density at radius 2 is 1.94 bits per heavy atom. The highest BCUT2D eigenvalue weighted by Gasteiger charge is 2.27. The molecule has 2 heterocycles. The lowest BCUT2D eigenvalue weighted by Crippen LogP contribution is -2.37. The fraction of sp³-hybridized carbons (Fsp3) is 0.483. The van der Waals surface area contributed by atoms with E-state index in [1.807, 2.05) is 30.3 Å². The van der Waals surface area contributed by atoms with E-state index in [0.717, 1.165) is 62.2 Å². The number of nitrogens with zero attached hydrogens (tertiary/aromatic N) is 3. The van der Waals surface area contributed by atoms with Gasteiger partial charge in [-0.05, 0) is 49.9 Å². The van der Waals surface area contributed by atoms with Crippen LogP contribution in [0.2, 0.25) is 0 Å². The highest BCUT2D eigenvalue weighted by atomic mass is 19.1. The zero-order chi connectivity index (χ0) is 25.3. The van der Waals surface area contributed by atoms with Crippen LogP contribution in [0, 0.1) is 5.82 Å². The van der Waals surface area contributed by atoms with Gasteiger partial charge in [-0.25, -0.2) is 9.07 Å². The molecule has 1 saturated heterocycles. The summed E-state index contributed by atoms with van der Waals surface area (Å²) in [5.41, 5.74) is 2.65. The summed E-state index contributed by atoms with van der Waals surface area (Å²) in [6, 6.07) is 16.2. The van der Waals surface area contributed by atoms with Crippen LogP contribution < -0.4 is 4.74 Å². The Balaban J connectivity index is 1.70. The van der Waals surface area contributed by atoms with Gasteiger partial charge in [0.25, 0.3) is 0 Å². The van der Waals surface area contributed by atoms with Gasteiger partial charge < -0.3 is 14.6 Å². The van der Waals surface area contributed by atoms with Crippen molar-refractivity contribution >= 4 is 0 Å². The van der Waals surface area contributed by atoms with Crippen LogP contribution in [0.1, 0.15) is 57.2 Å². The molecular weight excluding hydrogens is 457 g/mol. The van der Waals surface area contributed by atoms with Gasteiger partial charge in [-0.15, -0.1) is 0 Å². The lowest BCUT2D eigenvalue weighted by molar-refractivity contribution is 0.0433. The molecule has 0 spiro atoms. The van der Waals surface area contributed by atoms with Gasteiger partial charge in [0.2, 0.25) is 5.88 Å². The van der Waals surface area contributed by atoms with Gasteiger partial charge in [-0.2, -0.15) is 5.10 Å². The number of aryl methyl sites for hydroxylation is 1. The Morgan fingerprint density at radius 3 is 2.64 bits per heavy atom. The van der Waals surface area contributed by atoms with E-state index < -0.39 is 11.9 Å². The van der Waals surface area contributed by atoms with Crippen LogP contribution in [0.15, 0.2) is 54.6 Å². The van der Waals surface area contributed by atoms with Crippen molar-refractivity contribution in [2.75, 3.05) is 19.7 Å². The number of ether oxygens (including phenoxy) is 2. The van der Waals surface area contributed by atoms with Crippen molar-refractivity contribution in [2.45, 2.75) is 71.1 Å². The SMILES string of the molecule is CCCC[C@H](O)CN(Cc1c(CC)nn(-c2ccccc2)c1Oc1ccccc1F)C[C@H]1CCCO1. The predicted octanol–water partition coefficient (Wildman–Crippen LogP) is 5.90. The largest absolute Gasteiger partial charge is 0.435 e. The van der Waals surface area contributed by atoms with Gasteiger partial charge in [-0.3, -0.25) is 4.90 Å². The summed E-state index contributed by atoms with van der Waals surface area (Å²) in [7, 11) is 0. The Labute approximate surface area is 213 Å². The summed E-state index contributed by atoms with van der Waals surface area (Å²) in [5, 5.41) is 15.7. The molecule has 7 heteroatoms. The van der Waals surface area contributed by atoms with Gasteiger partial charge in [-0.1, -0.05) is 57.0 Å². The van der Waals surface area contributed by atoms with E-state index in [1.165, 1.54) is 6.07 Å². The summed E-state index contributed by atoms with van der Waals surface area (Å²) in [4.78, 5) is 2.25. The van der Waals surface area contributed by atoms with Crippen LogP contribution >= 0.6 is 0 Å². The van der Waals surface area contributed by atoms with Crippen LogP contribution in [0.3, 0.4) is 0 Å². The monoisotopic (exact) mass is 495 g/mol. The number of aliphatic hydroxyl groups is 1. The van der Waals surface area contributed by atoms with Gasteiger partial charge >= 0.3 is 0 Å². The summed E-state index contributed by atoms with van der Waals surface area (Å²) < 4.78 is 28.6. The number of aromatic nitrogens is 2. The standard InChI is InChI=1S/C29H38FN3O3/c1-3-5-14-23(34)19-32(20-24-15-11-18-35-24)21-25-27(4-2)31-33(22-12-7-6-8-13-22)29(25)36-28-17-10-9-16-26(28)30/h6-10,12-13,16-17,23-24,34H,3-5,11,14-15,18-21H2,1-2H3/t23-,24+/m0/s1. The quantitative estimate of drug-likeness (QED) is 0.320. The lowest BCUT2D eigenvalue weighted by atomic mass is 10.1. The molecule has 1 aliphatic heterocycles. The van der Waals surface area contributed by atoms with Crippen molar-refractivity contribution in [3.63, 3.8) is 0 Å². The molecule has 1 aliphatic rings. The van der Waals surface area contributed by atoms with Crippen molar-refractivity contribution in [3.05, 3.63) is 71.7 Å². The van der Waals surface area contributed by atoms with Crippen molar-refractivity contribution in [1.82, 2.24) is 14.7 Å². The van der Waals surface area contributed by atoms with Crippen LogP contribution in [-0.4, -0.2) is 51.7 Å². The number of halogens is 1. The maximum Gasteiger partial charge on any atom is 0.227 e. The number of hydrogen-bond donors (Lipinski definition) is 1. The summed E-state index contributed by atoms with van der Waals surface area (Å²) in [6.07, 6.45) is 5.31. The second-order valence-electron chi connectivity index (χ2n) is 9.49. The highest BCUT2D eigenvalue weighted by Crippen LogP contribution is 2.33. The molecule has 6 nitrogen and oxygen atoms in total. The second kappa shape index (κ2) is 13.0. The molecule has 2 atom stereocenters. The molecule has 1 N–H and O–H groups in total. The van der Waals surface area contributed by atoms with E-state index in [2.05, 4.69) is 18.7 Å². The molecule has 4 rings (SSSR count). The Bertz CT molecular complexity index is 1080. The van der Waals surface area contributed by atoms with Crippen molar-refractivity contribution < 1.29 is 19.0 Å². The molecule has 3 aromatic rings. The number of para-hydroxylation sites is 2. The minimum absolute atomic E-state index is 0.147. The van der Waals surface area contributed by atoms with E-state index in [-0.39, 0.29) is 11.9 Å². The first kappa shape index (κ1) is 26.3. The first-order valence-electron chi connectivity index (χ1n) is 13.2. The van der Waals surface area contributed by atoms with Gasteiger partial charge in [0.15, 0.2) is 11.6 Å². The molecule has 1 fully saturated rings. The zero-order valence-corrected chi connectivity index (χ0v) is 21.4. The Morgan fingerprint density at radius 1 is 1.17 bits per heavy atom. The lowest BCUT2D eigenvalue weighted by Gasteiger charge is -2.28. The van der Waals surface area contributed by atoms with Crippen molar-refractivity contribution in [2.24, 2.45) is 0 Å². The molecule has 0 aliphatic carbocycles. The molecular formula is C29H38FN3O3. The summed E-state index contributed by atoms with van der Waals surface area (Å²) >= 11 is 0. The average molecular weight is 496 g/mol. The first-order valence-corrected chi connectivity index (χ1v) is 13.2. The number of aliphatic hydroxyl groups excluding tert-OH is 1. The molecule has 0 unspecified atom stereocenters. The molecule has 2 aromatic carbocycles. The number of hydrogen-bond acceptors (Lipinski definition) is 5. The second-order valence-corrected chi connectivity index (χ2v) is 9.49. The molecule has 36 heavy (non-hydrogen) atoms. The van der Waals surface area contributed by atoms with Crippen LogP contribution in [0.25, 0.3) is 5.69 Å². The average Bonchev–Trinajstić information content (AvgIpc) is 3.52. The number of unbranched alkanes of at least 4 members (excludes halogenated alkanes) is 1. The van der Waals surface area contributed by atoms with E-state index in [9.17, 15) is 9.50 Å². The fourth-order valence-electron chi connectivity index (χ4n) is 4.73. The topological polar surface area (TPSA) is 59.8 Å². The normalized spacial score (nSPS) is 16.5. The van der Waals surface area contributed by atoms with Crippen molar-refractivity contribution in [1.29, 1.82) is 0 Å². The Hall–Kier alpha value is -2.74. The highest BCUT2D eigenvalue weighted by molar-refractivity contribution is 5.44. The molecule has 0 saturated carbocycles. The Kier molecular flexibility index (Phi) is 9.50. The third-order valence-corrected chi connectivity index (χ3v) is 6.63. The minimum atomic E-state index is -0.423. The molecule has 194 valence electrons. The molecule has 0 amide bonds. The van der Waals surface area contributed by atoms with Gasteiger partial charge in [0.1, 0.15) is 0 Å². The predicted molar refractivity (Wildman–Crippen MR) is 139 cm³/mol. The van der Waals surface area contributed by atoms with E-state index in [1.54, 1.807) is 22.9 Å². The summed E-state index contributed by atoms with van der Waals surface area (Å²) in [5.74, 6) is 0.240. The summed E-state index contributed by atoms with van der Waals surface area (Å²) in [6.45, 7) is 6.78. The van der Waals surface area contributed by atoms with Gasteiger partial charge in [0.05, 0.1) is 29.2 Å². The number of benzene rings is 2. The van der Waals surface area contributed by atoms with E-state index in [0.29, 0.717) is 25.4 Å². The van der Waals surface area contributed by atoms with Crippen molar-refractivity contribution in [3.8, 4) is 17.3 Å². The van der Waals surface area contributed by atoms with Crippen LogP contribution in [0.5, 0.6) is 11.6 Å². The maximum atomic E-state index is 14.6. The number of rotatable bonds is 13. The zero-order valence-electron chi connectivity index (χ0n) is 21.4. The van der Waals surface area contributed by atoms with Crippen LogP contribution in [0.4, 0.5) is 4.39 Å². The molecule has 0 radical (unpaired) electrons. The molecule has 1 aromatic heterocycles. The minimum Gasteiger partial charge on any atom is -0.435 e. The third-order valence-electron chi connectivity index (χ3n) is 6.63. The third kappa shape index (κ3) is 6.72. The van der Waals surface area contributed by atoms with Gasteiger partial charge in [0, 0.05) is 26.2 Å². The van der Waals surface area contributed by atoms with E-state index >= 15 is 0 Å². The fourth-order valence-corrected chi connectivity index (χ4v) is 4.73. The first-order chi connectivity index (χ1) is 17.6. The van der Waals surface area contributed by atoms with Crippen LogP contribution in [-0.2, 0) is 17.7 Å².